The Bertz CT molecular complexity index is 463. The largest absolute Gasteiger partial charge is 0.496 e. The number of aryl methyl sites for hydroxylation is 1. The van der Waals surface area contributed by atoms with Crippen molar-refractivity contribution < 1.29 is 9.84 Å². The van der Waals surface area contributed by atoms with Crippen LogP contribution in [0.5, 0.6) is 5.75 Å². The van der Waals surface area contributed by atoms with Crippen LogP contribution in [0.25, 0.3) is 0 Å². The second kappa shape index (κ2) is 4.68. The van der Waals surface area contributed by atoms with Crippen LogP contribution in [0.15, 0.2) is 35.0 Å². The summed E-state index contributed by atoms with van der Waals surface area (Å²) in [4.78, 5) is 0. The van der Waals surface area contributed by atoms with Gasteiger partial charge in [0, 0.05) is 5.56 Å². The highest BCUT2D eigenvalue weighted by Gasteiger charge is 2.15. The zero-order chi connectivity index (χ0) is 11.5. The molecule has 0 spiro atoms. The Kier molecular flexibility index (Phi) is 3.27. The Morgan fingerprint density at radius 3 is 2.75 bits per heavy atom. The molecular weight excluding hydrogens is 220 g/mol. The molecule has 0 saturated heterocycles. The maximum atomic E-state index is 10.2. The second-order valence-corrected chi connectivity index (χ2v) is 4.48. The fourth-order valence-electron chi connectivity index (χ4n) is 1.68. The molecule has 3 heteroatoms. The molecule has 0 aliphatic heterocycles. The number of thiophene rings is 1. The first-order chi connectivity index (χ1) is 7.72. The molecule has 1 aromatic carbocycles. The summed E-state index contributed by atoms with van der Waals surface area (Å²) >= 11 is 1.58. The van der Waals surface area contributed by atoms with E-state index in [1.807, 2.05) is 41.9 Å². The Labute approximate surface area is 99.1 Å². The monoisotopic (exact) mass is 234 g/mol. The van der Waals surface area contributed by atoms with E-state index in [2.05, 4.69) is 0 Å². The van der Waals surface area contributed by atoms with Gasteiger partial charge in [0.15, 0.2) is 0 Å². The minimum Gasteiger partial charge on any atom is -0.496 e. The third-order valence-electron chi connectivity index (χ3n) is 2.54. The molecule has 0 aliphatic carbocycles. The maximum Gasteiger partial charge on any atom is 0.125 e. The third kappa shape index (κ3) is 2.10. The number of aliphatic hydroxyl groups is 1. The highest BCUT2D eigenvalue weighted by Crippen LogP contribution is 2.31. The minimum atomic E-state index is -0.610. The summed E-state index contributed by atoms with van der Waals surface area (Å²) in [6, 6.07) is 7.75. The van der Waals surface area contributed by atoms with Gasteiger partial charge in [0.25, 0.3) is 0 Å². The number of rotatable bonds is 3. The topological polar surface area (TPSA) is 29.5 Å². The molecule has 2 nitrogen and oxygen atoms in total. The Morgan fingerprint density at radius 2 is 2.12 bits per heavy atom. The zero-order valence-electron chi connectivity index (χ0n) is 9.31. The molecule has 1 aromatic heterocycles. The van der Waals surface area contributed by atoms with Gasteiger partial charge in [0.05, 0.1) is 7.11 Å². The van der Waals surface area contributed by atoms with Gasteiger partial charge in [-0.25, -0.2) is 0 Å². The molecule has 0 unspecified atom stereocenters. The summed E-state index contributed by atoms with van der Waals surface area (Å²) in [5.41, 5.74) is 2.85. The zero-order valence-corrected chi connectivity index (χ0v) is 10.1. The fourth-order valence-corrected chi connectivity index (χ4v) is 2.36. The van der Waals surface area contributed by atoms with Gasteiger partial charge in [-0.3, -0.25) is 0 Å². The van der Waals surface area contributed by atoms with Crippen LogP contribution in [-0.2, 0) is 0 Å². The molecule has 0 amide bonds. The highest BCUT2D eigenvalue weighted by molar-refractivity contribution is 7.07. The van der Waals surface area contributed by atoms with E-state index in [9.17, 15) is 5.11 Å². The number of methoxy groups -OCH3 is 1. The van der Waals surface area contributed by atoms with E-state index >= 15 is 0 Å². The molecule has 0 fully saturated rings. The predicted molar refractivity (Wildman–Crippen MR) is 66.1 cm³/mol. The molecule has 1 heterocycles. The lowest BCUT2D eigenvalue weighted by atomic mass is 10.0. The number of ether oxygens (including phenoxy) is 1. The summed E-state index contributed by atoms with van der Waals surface area (Å²) in [7, 11) is 1.62. The summed E-state index contributed by atoms with van der Waals surface area (Å²) in [5, 5.41) is 14.2. The number of aliphatic hydroxyl groups excluding tert-OH is 1. The normalized spacial score (nSPS) is 12.4. The van der Waals surface area contributed by atoms with Crippen molar-refractivity contribution in [1.82, 2.24) is 0 Å². The van der Waals surface area contributed by atoms with Crippen molar-refractivity contribution in [2.75, 3.05) is 7.11 Å². The highest BCUT2D eigenvalue weighted by atomic mass is 32.1. The van der Waals surface area contributed by atoms with E-state index in [0.717, 1.165) is 22.4 Å². The SMILES string of the molecule is COc1ccc(C)cc1[C@H](O)c1ccsc1. The van der Waals surface area contributed by atoms with Crippen molar-refractivity contribution >= 4 is 11.3 Å². The van der Waals surface area contributed by atoms with Crippen LogP contribution >= 0.6 is 11.3 Å². The smallest absolute Gasteiger partial charge is 0.125 e. The Morgan fingerprint density at radius 1 is 1.31 bits per heavy atom. The van der Waals surface area contributed by atoms with Crippen LogP contribution in [0, 0.1) is 6.92 Å². The second-order valence-electron chi connectivity index (χ2n) is 3.70. The van der Waals surface area contributed by atoms with Crippen molar-refractivity contribution in [3.8, 4) is 5.75 Å². The molecule has 2 rings (SSSR count). The summed E-state index contributed by atoms with van der Waals surface area (Å²) in [5.74, 6) is 0.726. The van der Waals surface area contributed by atoms with Gasteiger partial charge >= 0.3 is 0 Å². The maximum absolute atomic E-state index is 10.2. The van der Waals surface area contributed by atoms with E-state index in [1.165, 1.54) is 0 Å². The van der Waals surface area contributed by atoms with Crippen LogP contribution in [0.3, 0.4) is 0 Å². The fraction of sp³-hybridized carbons (Fsp3) is 0.231. The van der Waals surface area contributed by atoms with Crippen LogP contribution < -0.4 is 4.74 Å². The molecule has 0 bridgehead atoms. The van der Waals surface area contributed by atoms with E-state index in [4.69, 9.17) is 4.74 Å². The van der Waals surface area contributed by atoms with Crippen molar-refractivity contribution in [3.63, 3.8) is 0 Å². The van der Waals surface area contributed by atoms with Gasteiger partial charge in [-0.15, -0.1) is 0 Å². The van der Waals surface area contributed by atoms with Crippen LogP contribution in [0.2, 0.25) is 0 Å². The average molecular weight is 234 g/mol. The number of benzene rings is 1. The molecule has 2 aromatic rings. The lowest BCUT2D eigenvalue weighted by molar-refractivity contribution is 0.215. The van der Waals surface area contributed by atoms with Crippen LogP contribution in [0.1, 0.15) is 22.8 Å². The molecule has 1 N–H and O–H groups in total. The van der Waals surface area contributed by atoms with Crippen LogP contribution in [0.4, 0.5) is 0 Å². The Balaban J connectivity index is 2.42. The van der Waals surface area contributed by atoms with E-state index < -0.39 is 6.10 Å². The minimum absolute atomic E-state index is 0.610. The first-order valence-corrected chi connectivity index (χ1v) is 6.01. The predicted octanol–water partition coefficient (Wildman–Crippen LogP) is 3.15. The average Bonchev–Trinajstić information content (AvgIpc) is 2.81. The molecule has 0 aliphatic rings. The van der Waals surface area contributed by atoms with Crippen molar-refractivity contribution in [2.24, 2.45) is 0 Å². The van der Waals surface area contributed by atoms with Crippen molar-refractivity contribution in [1.29, 1.82) is 0 Å². The number of hydrogen-bond acceptors (Lipinski definition) is 3. The van der Waals surface area contributed by atoms with E-state index in [0.29, 0.717) is 0 Å². The van der Waals surface area contributed by atoms with E-state index in [1.54, 1.807) is 18.4 Å². The summed E-state index contributed by atoms with van der Waals surface area (Å²) in [6.07, 6.45) is -0.610. The summed E-state index contributed by atoms with van der Waals surface area (Å²) < 4.78 is 5.26. The van der Waals surface area contributed by atoms with Gasteiger partial charge in [0.1, 0.15) is 11.9 Å². The van der Waals surface area contributed by atoms with Crippen LogP contribution in [-0.4, -0.2) is 12.2 Å². The van der Waals surface area contributed by atoms with Gasteiger partial charge in [-0.2, -0.15) is 11.3 Å². The molecule has 84 valence electrons. The number of hydrogen-bond donors (Lipinski definition) is 1. The first-order valence-electron chi connectivity index (χ1n) is 5.07. The van der Waals surface area contributed by atoms with E-state index in [-0.39, 0.29) is 0 Å². The standard InChI is InChI=1S/C13H14O2S/c1-9-3-4-12(15-2)11(7-9)13(14)10-5-6-16-8-10/h3-8,13-14H,1-2H3/t13-/m1/s1. The van der Waals surface area contributed by atoms with Gasteiger partial charge in [-0.1, -0.05) is 11.6 Å². The van der Waals surface area contributed by atoms with Gasteiger partial charge in [0.2, 0.25) is 0 Å². The van der Waals surface area contributed by atoms with Gasteiger partial charge < -0.3 is 9.84 Å². The lowest BCUT2D eigenvalue weighted by Crippen LogP contribution is -2.01. The van der Waals surface area contributed by atoms with Gasteiger partial charge in [-0.05, 0) is 41.4 Å². The molecule has 16 heavy (non-hydrogen) atoms. The van der Waals surface area contributed by atoms with Crippen molar-refractivity contribution in [3.05, 3.63) is 51.7 Å². The molecule has 0 saturated carbocycles. The van der Waals surface area contributed by atoms with Crippen molar-refractivity contribution in [2.45, 2.75) is 13.0 Å². The quantitative estimate of drug-likeness (QED) is 0.884. The lowest BCUT2D eigenvalue weighted by Gasteiger charge is -2.14. The summed E-state index contributed by atoms with van der Waals surface area (Å²) in [6.45, 7) is 2.00. The first kappa shape index (κ1) is 11.2. The molecular formula is C13H14O2S. The third-order valence-corrected chi connectivity index (χ3v) is 3.24. The molecule has 1 atom stereocenters. The molecule has 0 radical (unpaired) electrons. The Hall–Kier alpha value is -1.32.